The lowest BCUT2D eigenvalue weighted by atomic mass is 9.95. The van der Waals surface area contributed by atoms with E-state index < -0.39 is 0 Å². The van der Waals surface area contributed by atoms with Crippen molar-refractivity contribution >= 4 is 28.7 Å². The predicted octanol–water partition coefficient (Wildman–Crippen LogP) is 5.39. The molecule has 1 fully saturated rings. The van der Waals surface area contributed by atoms with Crippen molar-refractivity contribution in [3.63, 3.8) is 0 Å². The second-order valence-corrected chi connectivity index (χ2v) is 9.90. The average Bonchev–Trinajstić information content (AvgIpc) is 3.36. The number of benzene rings is 1. The van der Waals surface area contributed by atoms with E-state index in [0.717, 1.165) is 77.2 Å². The summed E-state index contributed by atoms with van der Waals surface area (Å²) in [5.74, 6) is 0.209. The summed E-state index contributed by atoms with van der Waals surface area (Å²) >= 11 is 0. The number of nitrogens with zero attached hydrogens (tertiary/aromatic N) is 5. The largest absolute Gasteiger partial charge is 0.352 e. The molecule has 7 nitrogen and oxygen atoms in total. The summed E-state index contributed by atoms with van der Waals surface area (Å²) in [6, 6.07) is 14.4. The van der Waals surface area contributed by atoms with E-state index in [1.165, 1.54) is 0 Å². The number of likely N-dealkylation sites (tertiary alicyclic amines) is 1. The number of carbonyl (C=O) groups excluding carboxylic acids is 1. The lowest BCUT2D eigenvalue weighted by molar-refractivity contribution is -0.126. The van der Waals surface area contributed by atoms with Crippen LogP contribution in [0.15, 0.2) is 91.7 Å². The zero-order valence-electron chi connectivity index (χ0n) is 22.4. The number of rotatable bonds is 9. The van der Waals surface area contributed by atoms with Gasteiger partial charge in [0.1, 0.15) is 0 Å². The van der Waals surface area contributed by atoms with Crippen molar-refractivity contribution in [2.45, 2.75) is 19.8 Å². The Morgan fingerprint density at radius 3 is 2.69 bits per heavy atom. The maximum Gasteiger partial charge on any atom is 0.223 e. The van der Waals surface area contributed by atoms with Crippen LogP contribution in [0.25, 0.3) is 33.9 Å². The molecule has 0 unspecified atom stereocenters. The molecule has 4 heterocycles. The van der Waals surface area contributed by atoms with Gasteiger partial charge in [0.2, 0.25) is 5.91 Å². The molecule has 0 saturated carbocycles. The monoisotopic (exact) mass is 518 g/mol. The number of pyridine rings is 1. The van der Waals surface area contributed by atoms with Crippen molar-refractivity contribution in [2.75, 3.05) is 26.2 Å². The van der Waals surface area contributed by atoms with Crippen LogP contribution in [0, 0.1) is 12.8 Å². The number of hydrogen-bond acceptors (Lipinski definition) is 5. The van der Waals surface area contributed by atoms with Crippen molar-refractivity contribution in [2.24, 2.45) is 5.92 Å². The maximum atomic E-state index is 12.3. The van der Waals surface area contributed by atoms with Crippen LogP contribution in [-0.2, 0) is 4.79 Å². The van der Waals surface area contributed by atoms with Gasteiger partial charge < -0.3 is 5.32 Å². The Morgan fingerprint density at radius 1 is 1.15 bits per heavy atom. The maximum absolute atomic E-state index is 12.3. The Morgan fingerprint density at radius 2 is 1.95 bits per heavy atom. The van der Waals surface area contributed by atoms with Crippen molar-refractivity contribution < 1.29 is 4.79 Å². The van der Waals surface area contributed by atoms with E-state index in [-0.39, 0.29) is 11.8 Å². The van der Waals surface area contributed by atoms with E-state index >= 15 is 0 Å². The molecule has 1 saturated heterocycles. The molecule has 0 radical (unpaired) electrons. The van der Waals surface area contributed by atoms with Crippen LogP contribution in [-0.4, -0.2) is 56.6 Å². The second-order valence-electron chi connectivity index (χ2n) is 9.90. The van der Waals surface area contributed by atoms with E-state index in [1.807, 2.05) is 60.1 Å². The summed E-state index contributed by atoms with van der Waals surface area (Å²) in [6.45, 7) is 12.8. The molecule has 198 valence electrons. The molecule has 1 aromatic carbocycles. The first kappa shape index (κ1) is 26.3. The van der Waals surface area contributed by atoms with Crippen molar-refractivity contribution in [1.82, 2.24) is 29.8 Å². The van der Waals surface area contributed by atoms with Gasteiger partial charge in [0, 0.05) is 42.2 Å². The molecule has 0 spiro atoms. The number of piperidine rings is 1. The second kappa shape index (κ2) is 12.0. The lowest BCUT2D eigenvalue weighted by Gasteiger charge is -2.31. The minimum absolute atomic E-state index is 0.0767. The van der Waals surface area contributed by atoms with Gasteiger partial charge >= 0.3 is 0 Å². The number of amides is 1. The highest BCUT2D eigenvalue weighted by Crippen LogP contribution is 2.28. The number of nitrogens with one attached hydrogen (secondary N) is 1. The van der Waals surface area contributed by atoms with Crippen LogP contribution in [0.3, 0.4) is 0 Å². The molecule has 4 aromatic rings. The number of aromatic nitrogens is 4. The lowest BCUT2D eigenvalue weighted by Crippen LogP contribution is -2.41. The summed E-state index contributed by atoms with van der Waals surface area (Å²) in [6.07, 6.45) is 13.4. The Bertz CT molecular complexity index is 1560. The smallest absolute Gasteiger partial charge is 0.223 e. The summed E-state index contributed by atoms with van der Waals surface area (Å²) in [5.41, 5.74) is 6.58. The highest BCUT2D eigenvalue weighted by molar-refractivity contribution is 5.86. The normalized spacial score (nSPS) is 15.3. The molecular weight excluding hydrogens is 484 g/mol. The molecule has 7 heteroatoms. The van der Waals surface area contributed by atoms with Crippen LogP contribution >= 0.6 is 0 Å². The zero-order chi connectivity index (χ0) is 27.2. The first-order valence-electron chi connectivity index (χ1n) is 13.4. The highest BCUT2D eigenvalue weighted by atomic mass is 16.1. The Kier molecular flexibility index (Phi) is 8.08. The number of carbonyl (C=O) groups is 1. The average molecular weight is 519 g/mol. The molecule has 1 N–H and O–H groups in total. The molecule has 3 aromatic heterocycles. The molecule has 0 aliphatic carbocycles. The number of hydrogen-bond donors (Lipinski definition) is 1. The van der Waals surface area contributed by atoms with Crippen molar-refractivity contribution in [3.8, 4) is 11.1 Å². The van der Waals surface area contributed by atoms with Gasteiger partial charge in [-0.2, -0.15) is 9.61 Å². The van der Waals surface area contributed by atoms with E-state index in [1.54, 1.807) is 6.08 Å². The van der Waals surface area contributed by atoms with Crippen LogP contribution < -0.4 is 5.32 Å². The van der Waals surface area contributed by atoms with Crippen LogP contribution in [0.5, 0.6) is 0 Å². The third-order valence-corrected chi connectivity index (χ3v) is 7.11. The van der Waals surface area contributed by atoms with Crippen molar-refractivity contribution in [1.29, 1.82) is 0 Å². The van der Waals surface area contributed by atoms with Gasteiger partial charge in [-0.1, -0.05) is 61.2 Å². The third kappa shape index (κ3) is 6.04. The van der Waals surface area contributed by atoms with Gasteiger partial charge in [0.15, 0.2) is 11.3 Å². The molecule has 1 aliphatic rings. The van der Waals surface area contributed by atoms with E-state index in [4.69, 9.17) is 4.98 Å². The van der Waals surface area contributed by atoms with Crippen molar-refractivity contribution in [3.05, 3.63) is 103 Å². The zero-order valence-corrected chi connectivity index (χ0v) is 22.4. The quantitative estimate of drug-likeness (QED) is 0.237. The van der Waals surface area contributed by atoms with Gasteiger partial charge in [0.25, 0.3) is 0 Å². The third-order valence-electron chi connectivity index (χ3n) is 7.11. The van der Waals surface area contributed by atoms with Crippen LogP contribution in [0.2, 0.25) is 0 Å². The Hall–Kier alpha value is -4.36. The van der Waals surface area contributed by atoms with Gasteiger partial charge in [-0.3, -0.25) is 9.69 Å². The molecule has 0 atom stereocenters. The fourth-order valence-electron chi connectivity index (χ4n) is 5.02. The Balaban J connectivity index is 1.37. The summed E-state index contributed by atoms with van der Waals surface area (Å²) in [5, 5.41) is 8.47. The van der Waals surface area contributed by atoms with E-state index in [9.17, 15) is 4.79 Å². The number of allylic oxidation sites excluding steroid dienone is 2. The van der Waals surface area contributed by atoms with E-state index in [2.05, 4.69) is 57.7 Å². The fraction of sp³-hybridized carbons (Fsp3) is 0.250. The highest BCUT2D eigenvalue weighted by Gasteiger charge is 2.24. The van der Waals surface area contributed by atoms with Crippen LogP contribution in [0.4, 0.5) is 0 Å². The molecule has 1 amide bonds. The first-order valence-corrected chi connectivity index (χ1v) is 13.4. The number of aryl methyl sites for hydroxylation is 1. The SMILES string of the molecule is C=CCNC(=O)C1CCN(C/C(C=C)=C/C=C/c2nc3c(cnc4cc(C)nn43)cc2-c2ccccc2)CC1. The van der Waals surface area contributed by atoms with Gasteiger partial charge in [-0.15, -0.1) is 6.58 Å². The molecule has 0 bridgehead atoms. The van der Waals surface area contributed by atoms with E-state index in [0.29, 0.717) is 6.54 Å². The summed E-state index contributed by atoms with van der Waals surface area (Å²) in [7, 11) is 0. The fourth-order valence-corrected chi connectivity index (χ4v) is 5.02. The molecule has 1 aliphatic heterocycles. The number of fused-ring (bicyclic) bond motifs is 3. The molecule has 39 heavy (non-hydrogen) atoms. The predicted molar refractivity (Wildman–Crippen MR) is 158 cm³/mol. The Labute approximate surface area is 229 Å². The first-order chi connectivity index (χ1) is 19.1. The minimum Gasteiger partial charge on any atom is -0.352 e. The summed E-state index contributed by atoms with van der Waals surface area (Å²) < 4.78 is 1.81. The minimum atomic E-state index is 0.0767. The topological polar surface area (TPSA) is 75.4 Å². The van der Waals surface area contributed by atoms with Gasteiger partial charge in [-0.25, -0.2) is 9.97 Å². The summed E-state index contributed by atoms with van der Waals surface area (Å²) in [4.78, 5) is 24.3. The van der Waals surface area contributed by atoms with Crippen LogP contribution in [0.1, 0.15) is 24.2 Å². The molecule has 5 rings (SSSR count). The van der Waals surface area contributed by atoms with Gasteiger partial charge in [-0.05, 0) is 56.1 Å². The molecular formula is C32H34N6O. The van der Waals surface area contributed by atoms with Gasteiger partial charge in [0.05, 0.1) is 11.4 Å². The standard InChI is InChI=1S/C32H34N6O/c1-4-16-33-32(39)26-14-17-37(18-15-26)22-24(5-2)10-9-13-29-28(25-11-7-6-8-12-25)20-27-21-34-30-19-23(3)36-38(30)31(27)35-29/h4-13,19-21,26H,1-2,14-18,22H2,3H3,(H,33,39)/b13-9+,24-10+.